The van der Waals surface area contributed by atoms with Gasteiger partial charge in [-0.15, -0.1) is 0 Å². The Kier molecular flexibility index (Phi) is 3.69. The zero-order valence-corrected chi connectivity index (χ0v) is 12.6. The molecule has 0 radical (unpaired) electrons. The number of nitrogens with zero attached hydrogens (tertiary/aromatic N) is 2. The Labute approximate surface area is 124 Å². The summed E-state index contributed by atoms with van der Waals surface area (Å²) in [7, 11) is 1.67. The lowest BCUT2D eigenvalue weighted by Crippen LogP contribution is -1.92. The highest BCUT2D eigenvalue weighted by atomic mass is 79.9. The number of halogens is 1. The average molecular weight is 333 g/mol. The molecule has 3 rings (SSSR count). The molecule has 0 spiro atoms. The number of aromatic nitrogens is 2. The minimum Gasteiger partial charge on any atom is -0.497 e. The van der Waals surface area contributed by atoms with Crippen LogP contribution in [0.15, 0.2) is 45.4 Å². The van der Waals surface area contributed by atoms with Gasteiger partial charge in [-0.1, -0.05) is 12.1 Å². The Hall–Kier alpha value is -1.88. The van der Waals surface area contributed by atoms with Crippen molar-refractivity contribution in [3.63, 3.8) is 0 Å². The van der Waals surface area contributed by atoms with Crippen molar-refractivity contribution < 1.29 is 9.15 Å². The lowest BCUT2D eigenvalue weighted by Gasteiger charge is -2.02. The number of methoxy groups -OCH3 is 1. The van der Waals surface area contributed by atoms with Crippen LogP contribution in [-0.4, -0.2) is 17.1 Å². The van der Waals surface area contributed by atoms with E-state index in [4.69, 9.17) is 9.15 Å². The third-order valence-corrected chi connectivity index (χ3v) is 3.47. The first-order valence-corrected chi connectivity index (χ1v) is 7.09. The third kappa shape index (κ3) is 2.82. The third-order valence-electron chi connectivity index (χ3n) is 3.03. The van der Waals surface area contributed by atoms with Gasteiger partial charge < -0.3 is 9.15 Å². The van der Waals surface area contributed by atoms with Gasteiger partial charge in [0, 0.05) is 6.42 Å². The summed E-state index contributed by atoms with van der Waals surface area (Å²) < 4.78 is 11.7. The molecule has 0 aliphatic rings. The summed E-state index contributed by atoms with van der Waals surface area (Å²) in [6.45, 7) is 0. The second-order valence-electron chi connectivity index (χ2n) is 4.41. The highest BCUT2D eigenvalue weighted by molar-refractivity contribution is 9.10. The van der Waals surface area contributed by atoms with Gasteiger partial charge in [-0.05, 0) is 52.2 Å². The molecule has 0 bridgehead atoms. The van der Waals surface area contributed by atoms with Gasteiger partial charge in [0.1, 0.15) is 10.4 Å². The van der Waals surface area contributed by atoms with Crippen molar-refractivity contribution >= 4 is 27.2 Å². The van der Waals surface area contributed by atoms with Crippen LogP contribution >= 0.6 is 15.9 Å². The first-order chi connectivity index (χ1) is 9.74. The van der Waals surface area contributed by atoms with Gasteiger partial charge in [0.2, 0.25) is 0 Å². The summed E-state index contributed by atoms with van der Waals surface area (Å²) in [5.74, 6) is 1.57. The summed E-state index contributed by atoms with van der Waals surface area (Å²) in [6, 6.07) is 11.7. The lowest BCUT2D eigenvalue weighted by molar-refractivity contribution is 0.414. The molecule has 4 nitrogen and oxygen atoms in total. The Balaban J connectivity index is 1.76. The largest absolute Gasteiger partial charge is 0.497 e. The Morgan fingerprint density at radius 1 is 1.15 bits per heavy atom. The van der Waals surface area contributed by atoms with E-state index in [1.54, 1.807) is 7.11 Å². The fourth-order valence-corrected chi connectivity index (χ4v) is 2.33. The fourth-order valence-electron chi connectivity index (χ4n) is 2.03. The number of fused-ring (bicyclic) bond motifs is 1. The van der Waals surface area contributed by atoms with Crippen molar-refractivity contribution in [1.29, 1.82) is 0 Å². The molecular weight excluding hydrogens is 320 g/mol. The molecule has 0 saturated carbocycles. The zero-order valence-electron chi connectivity index (χ0n) is 11.0. The summed E-state index contributed by atoms with van der Waals surface area (Å²) >= 11 is 3.33. The first-order valence-electron chi connectivity index (χ1n) is 6.29. The van der Waals surface area contributed by atoms with Crippen molar-refractivity contribution in [3.8, 4) is 5.75 Å². The van der Waals surface area contributed by atoms with Gasteiger partial charge in [0.15, 0.2) is 17.1 Å². The van der Waals surface area contributed by atoms with E-state index < -0.39 is 0 Å². The van der Waals surface area contributed by atoms with Crippen LogP contribution in [0.1, 0.15) is 11.5 Å². The number of rotatable bonds is 4. The van der Waals surface area contributed by atoms with Gasteiger partial charge in [0.05, 0.1) is 7.11 Å². The second kappa shape index (κ2) is 5.63. The molecule has 0 saturated heterocycles. The van der Waals surface area contributed by atoms with Crippen LogP contribution < -0.4 is 4.74 Å². The molecule has 102 valence electrons. The van der Waals surface area contributed by atoms with Crippen molar-refractivity contribution in [2.24, 2.45) is 0 Å². The lowest BCUT2D eigenvalue weighted by atomic mass is 10.1. The molecular formula is C15H13BrN2O2. The summed E-state index contributed by atoms with van der Waals surface area (Å²) in [5, 5.41) is 0. The zero-order chi connectivity index (χ0) is 13.9. The van der Waals surface area contributed by atoms with E-state index in [9.17, 15) is 0 Å². The SMILES string of the molecule is COc1cccc(CCc2nc3nc(Br)ccc3o2)c1. The molecule has 3 aromatic rings. The van der Waals surface area contributed by atoms with E-state index >= 15 is 0 Å². The molecule has 5 heteroatoms. The predicted molar refractivity (Wildman–Crippen MR) is 79.9 cm³/mol. The Morgan fingerprint density at radius 3 is 2.90 bits per heavy atom. The van der Waals surface area contributed by atoms with Gasteiger partial charge in [-0.2, -0.15) is 4.98 Å². The van der Waals surface area contributed by atoms with Gasteiger partial charge in [-0.25, -0.2) is 4.98 Å². The van der Waals surface area contributed by atoms with E-state index in [-0.39, 0.29) is 0 Å². The quantitative estimate of drug-likeness (QED) is 0.682. The van der Waals surface area contributed by atoms with Crippen molar-refractivity contribution in [2.75, 3.05) is 7.11 Å². The maximum atomic E-state index is 5.68. The van der Waals surface area contributed by atoms with E-state index in [1.165, 1.54) is 5.56 Å². The molecule has 20 heavy (non-hydrogen) atoms. The molecule has 2 aromatic heterocycles. The van der Waals surface area contributed by atoms with Crippen LogP contribution in [0.5, 0.6) is 5.75 Å². The summed E-state index contributed by atoms with van der Waals surface area (Å²) in [6.07, 6.45) is 1.59. The van der Waals surface area contributed by atoms with Crippen LogP contribution in [0.4, 0.5) is 0 Å². The predicted octanol–water partition coefficient (Wildman–Crippen LogP) is 3.78. The van der Waals surface area contributed by atoms with Crippen LogP contribution in [0.25, 0.3) is 11.2 Å². The maximum Gasteiger partial charge on any atom is 0.199 e. The summed E-state index contributed by atoms with van der Waals surface area (Å²) in [5.41, 5.74) is 2.55. The van der Waals surface area contributed by atoms with E-state index in [0.717, 1.165) is 23.2 Å². The van der Waals surface area contributed by atoms with E-state index in [1.807, 2.05) is 30.3 Å². The Morgan fingerprint density at radius 2 is 2.05 bits per heavy atom. The number of pyridine rings is 1. The first kappa shape index (κ1) is 13.1. The molecule has 1 aromatic carbocycles. The number of benzene rings is 1. The molecule has 0 amide bonds. The van der Waals surface area contributed by atoms with Crippen LogP contribution in [0, 0.1) is 0 Å². The minimum absolute atomic E-state index is 0.639. The smallest absolute Gasteiger partial charge is 0.199 e. The summed E-state index contributed by atoms with van der Waals surface area (Å²) in [4.78, 5) is 8.66. The van der Waals surface area contributed by atoms with Gasteiger partial charge in [0.25, 0.3) is 0 Å². The fraction of sp³-hybridized carbons (Fsp3) is 0.200. The number of ether oxygens (including phenoxy) is 1. The topological polar surface area (TPSA) is 48.2 Å². The number of aryl methyl sites for hydroxylation is 2. The van der Waals surface area contributed by atoms with Crippen molar-refractivity contribution in [3.05, 3.63) is 52.5 Å². The molecule has 0 atom stereocenters. The molecule has 0 N–H and O–H groups in total. The highest BCUT2D eigenvalue weighted by Crippen LogP contribution is 2.19. The van der Waals surface area contributed by atoms with Crippen LogP contribution in [0.3, 0.4) is 0 Å². The minimum atomic E-state index is 0.639. The molecule has 0 aliphatic heterocycles. The molecule has 2 heterocycles. The number of hydrogen-bond acceptors (Lipinski definition) is 4. The second-order valence-corrected chi connectivity index (χ2v) is 5.23. The van der Waals surface area contributed by atoms with Crippen molar-refractivity contribution in [2.45, 2.75) is 12.8 Å². The molecule has 0 fully saturated rings. The average Bonchev–Trinajstić information content (AvgIpc) is 2.87. The van der Waals surface area contributed by atoms with Crippen LogP contribution in [-0.2, 0) is 12.8 Å². The van der Waals surface area contributed by atoms with Gasteiger partial charge in [-0.3, -0.25) is 0 Å². The van der Waals surface area contributed by atoms with Gasteiger partial charge >= 0.3 is 0 Å². The molecule has 0 aliphatic carbocycles. The normalized spacial score (nSPS) is 10.9. The maximum absolute atomic E-state index is 5.68. The highest BCUT2D eigenvalue weighted by Gasteiger charge is 2.07. The van der Waals surface area contributed by atoms with E-state index in [0.29, 0.717) is 17.1 Å². The Bertz CT molecular complexity index is 740. The number of oxazole rings is 1. The molecule has 0 unspecified atom stereocenters. The number of hydrogen-bond donors (Lipinski definition) is 0. The van der Waals surface area contributed by atoms with Crippen LogP contribution in [0.2, 0.25) is 0 Å². The standard InChI is InChI=1S/C15H13BrN2O2/c1-19-11-4-2-3-10(9-11)5-8-14-18-15-12(20-14)6-7-13(16)17-15/h2-4,6-7,9H,5,8H2,1H3. The monoisotopic (exact) mass is 332 g/mol. The van der Waals surface area contributed by atoms with E-state index in [2.05, 4.69) is 32.0 Å². The van der Waals surface area contributed by atoms with Crippen molar-refractivity contribution in [1.82, 2.24) is 9.97 Å².